The van der Waals surface area contributed by atoms with Crippen molar-refractivity contribution >= 4 is 0 Å². The van der Waals surface area contributed by atoms with Crippen molar-refractivity contribution in [1.29, 1.82) is 0 Å². The maximum atomic E-state index is 3.20. The molecule has 0 radical (unpaired) electrons. The standard InChI is InChI=1S/C13H26N2/c1-13-8-7-11-15(12-13)10-6-4-3-5-9-14-2/h8,14H,3-7,9-12H2,1-2H3. The second-order valence-electron chi connectivity index (χ2n) is 4.63. The fourth-order valence-electron chi connectivity index (χ4n) is 2.17. The van der Waals surface area contributed by atoms with E-state index in [4.69, 9.17) is 0 Å². The second kappa shape index (κ2) is 7.89. The van der Waals surface area contributed by atoms with E-state index >= 15 is 0 Å². The van der Waals surface area contributed by atoms with E-state index in [-0.39, 0.29) is 0 Å². The lowest BCUT2D eigenvalue weighted by molar-refractivity contribution is 0.282. The van der Waals surface area contributed by atoms with Crippen LogP contribution in [0.4, 0.5) is 0 Å². The van der Waals surface area contributed by atoms with Crippen LogP contribution in [0, 0.1) is 0 Å². The summed E-state index contributed by atoms with van der Waals surface area (Å²) in [6.07, 6.45) is 9.10. The van der Waals surface area contributed by atoms with Crippen LogP contribution in [0.1, 0.15) is 39.0 Å². The van der Waals surface area contributed by atoms with Crippen molar-refractivity contribution in [3.63, 3.8) is 0 Å². The highest BCUT2D eigenvalue weighted by atomic mass is 15.1. The van der Waals surface area contributed by atoms with Crippen LogP contribution in [-0.4, -0.2) is 38.1 Å². The minimum atomic E-state index is 1.17. The molecule has 0 saturated carbocycles. The molecule has 1 aliphatic rings. The van der Waals surface area contributed by atoms with Gasteiger partial charge >= 0.3 is 0 Å². The predicted molar refractivity (Wildman–Crippen MR) is 67.2 cm³/mol. The molecule has 0 spiro atoms. The summed E-state index contributed by atoms with van der Waals surface area (Å²) in [5.74, 6) is 0. The van der Waals surface area contributed by atoms with E-state index in [0.29, 0.717) is 0 Å². The molecular formula is C13H26N2. The Balaban J connectivity index is 1.94. The van der Waals surface area contributed by atoms with Crippen LogP contribution in [0.3, 0.4) is 0 Å². The van der Waals surface area contributed by atoms with Gasteiger partial charge in [0.2, 0.25) is 0 Å². The third kappa shape index (κ3) is 5.95. The van der Waals surface area contributed by atoms with E-state index in [0.717, 1.165) is 0 Å². The molecule has 2 nitrogen and oxygen atoms in total. The first-order chi connectivity index (χ1) is 7.33. The van der Waals surface area contributed by atoms with Crippen molar-refractivity contribution in [2.24, 2.45) is 0 Å². The lowest BCUT2D eigenvalue weighted by atomic mass is 10.1. The monoisotopic (exact) mass is 210 g/mol. The smallest absolute Gasteiger partial charge is 0.0190 e. The molecule has 0 atom stereocenters. The van der Waals surface area contributed by atoms with Crippen LogP contribution in [-0.2, 0) is 0 Å². The van der Waals surface area contributed by atoms with Crippen LogP contribution in [0.15, 0.2) is 11.6 Å². The van der Waals surface area contributed by atoms with E-state index in [9.17, 15) is 0 Å². The molecule has 88 valence electrons. The van der Waals surface area contributed by atoms with Crippen molar-refractivity contribution in [3.8, 4) is 0 Å². The molecule has 0 aromatic rings. The molecule has 1 aliphatic heterocycles. The summed E-state index contributed by atoms with van der Waals surface area (Å²) in [5.41, 5.74) is 1.55. The summed E-state index contributed by atoms with van der Waals surface area (Å²) in [6, 6.07) is 0. The Labute approximate surface area is 94.7 Å². The molecule has 1 heterocycles. The summed E-state index contributed by atoms with van der Waals surface area (Å²) in [7, 11) is 2.03. The Hall–Kier alpha value is -0.340. The molecule has 1 N–H and O–H groups in total. The zero-order valence-corrected chi connectivity index (χ0v) is 10.4. The van der Waals surface area contributed by atoms with Crippen LogP contribution < -0.4 is 5.32 Å². The largest absolute Gasteiger partial charge is 0.320 e. The third-order valence-corrected chi connectivity index (χ3v) is 3.06. The van der Waals surface area contributed by atoms with Gasteiger partial charge in [0, 0.05) is 13.1 Å². The van der Waals surface area contributed by atoms with Crippen molar-refractivity contribution < 1.29 is 0 Å². The molecule has 0 unspecified atom stereocenters. The molecule has 0 aromatic heterocycles. The molecular weight excluding hydrogens is 184 g/mol. The molecule has 15 heavy (non-hydrogen) atoms. The summed E-state index contributed by atoms with van der Waals surface area (Å²) >= 11 is 0. The normalized spacial score (nSPS) is 17.9. The third-order valence-electron chi connectivity index (χ3n) is 3.06. The minimum absolute atomic E-state index is 1.17. The highest BCUT2D eigenvalue weighted by Gasteiger charge is 2.08. The van der Waals surface area contributed by atoms with Crippen molar-refractivity contribution in [1.82, 2.24) is 10.2 Å². The Bertz CT molecular complexity index is 187. The second-order valence-corrected chi connectivity index (χ2v) is 4.63. The van der Waals surface area contributed by atoms with Crippen molar-refractivity contribution in [2.45, 2.75) is 39.0 Å². The summed E-state index contributed by atoms with van der Waals surface area (Å²) in [5, 5.41) is 3.20. The quantitative estimate of drug-likeness (QED) is 0.513. The molecule has 1 rings (SSSR count). The van der Waals surface area contributed by atoms with Gasteiger partial charge in [-0.2, -0.15) is 0 Å². The average molecular weight is 210 g/mol. The maximum absolute atomic E-state index is 3.20. The number of nitrogens with one attached hydrogen (secondary N) is 1. The number of nitrogens with zero attached hydrogens (tertiary/aromatic N) is 1. The topological polar surface area (TPSA) is 15.3 Å². The van der Waals surface area contributed by atoms with E-state index in [1.54, 1.807) is 5.57 Å². The SMILES string of the molecule is CNCCCCCCN1CCC=C(C)C1. The predicted octanol–water partition coefficient (Wildman–Crippen LogP) is 2.42. The molecule has 0 aliphatic carbocycles. The first-order valence-electron chi connectivity index (χ1n) is 6.35. The van der Waals surface area contributed by atoms with Gasteiger partial charge in [-0.15, -0.1) is 0 Å². The fraction of sp³-hybridized carbons (Fsp3) is 0.846. The molecule has 0 saturated heterocycles. The highest BCUT2D eigenvalue weighted by molar-refractivity contribution is 5.04. The van der Waals surface area contributed by atoms with Crippen LogP contribution in [0.5, 0.6) is 0 Å². The van der Waals surface area contributed by atoms with Gasteiger partial charge < -0.3 is 5.32 Å². The Kier molecular flexibility index (Phi) is 6.69. The van der Waals surface area contributed by atoms with Gasteiger partial charge in [0.05, 0.1) is 0 Å². The fourth-order valence-corrected chi connectivity index (χ4v) is 2.17. The van der Waals surface area contributed by atoms with Crippen molar-refractivity contribution in [3.05, 3.63) is 11.6 Å². The van der Waals surface area contributed by atoms with Gasteiger partial charge in [0.15, 0.2) is 0 Å². The maximum Gasteiger partial charge on any atom is 0.0190 e. The molecule has 0 aromatic carbocycles. The van der Waals surface area contributed by atoms with Crippen LogP contribution in [0.2, 0.25) is 0 Å². The van der Waals surface area contributed by atoms with Crippen LogP contribution >= 0.6 is 0 Å². The zero-order chi connectivity index (χ0) is 10.9. The van der Waals surface area contributed by atoms with E-state index in [1.165, 1.54) is 58.3 Å². The summed E-state index contributed by atoms with van der Waals surface area (Å²) in [6.45, 7) is 7.19. The Morgan fingerprint density at radius 1 is 1.27 bits per heavy atom. The summed E-state index contributed by atoms with van der Waals surface area (Å²) < 4.78 is 0. The lowest BCUT2D eigenvalue weighted by Crippen LogP contribution is -2.30. The highest BCUT2D eigenvalue weighted by Crippen LogP contribution is 2.10. The van der Waals surface area contributed by atoms with Gasteiger partial charge in [-0.1, -0.05) is 24.5 Å². The van der Waals surface area contributed by atoms with Gasteiger partial charge in [-0.3, -0.25) is 4.90 Å². The average Bonchev–Trinajstić information content (AvgIpc) is 2.23. The molecule has 2 heteroatoms. The molecule has 0 bridgehead atoms. The van der Waals surface area contributed by atoms with Gasteiger partial charge in [0.25, 0.3) is 0 Å². The molecule has 0 amide bonds. The van der Waals surface area contributed by atoms with E-state index < -0.39 is 0 Å². The van der Waals surface area contributed by atoms with E-state index in [2.05, 4.69) is 23.2 Å². The van der Waals surface area contributed by atoms with Crippen LogP contribution in [0.25, 0.3) is 0 Å². The van der Waals surface area contributed by atoms with Gasteiger partial charge in [0.1, 0.15) is 0 Å². The number of hydrogen-bond acceptors (Lipinski definition) is 2. The van der Waals surface area contributed by atoms with Crippen molar-refractivity contribution in [2.75, 3.05) is 33.2 Å². The Morgan fingerprint density at radius 2 is 2.07 bits per heavy atom. The van der Waals surface area contributed by atoms with Gasteiger partial charge in [-0.25, -0.2) is 0 Å². The Morgan fingerprint density at radius 3 is 2.80 bits per heavy atom. The lowest BCUT2D eigenvalue weighted by Gasteiger charge is -2.25. The van der Waals surface area contributed by atoms with Gasteiger partial charge in [-0.05, 0) is 46.3 Å². The first kappa shape index (κ1) is 12.7. The van der Waals surface area contributed by atoms with E-state index in [1.807, 2.05) is 7.05 Å². The zero-order valence-electron chi connectivity index (χ0n) is 10.4. The number of hydrogen-bond donors (Lipinski definition) is 1. The minimum Gasteiger partial charge on any atom is -0.320 e. The number of rotatable bonds is 7. The molecule has 0 fully saturated rings. The first-order valence-corrected chi connectivity index (χ1v) is 6.35. The summed E-state index contributed by atoms with van der Waals surface area (Å²) in [4.78, 5) is 2.59. The number of unbranched alkanes of at least 4 members (excludes halogenated alkanes) is 3.